The van der Waals surface area contributed by atoms with Gasteiger partial charge < -0.3 is 4.74 Å². The van der Waals surface area contributed by atoms with Gasteiger partial charge in [0.2, 0.25) is 0 Å². The van der Waals surface area contributed by atoms with Gasteiger partial charge in [0.05, 0.1) is 0 Å². The molecule has 1 aromatic rings. The number of halogens is 2. The molecule has 0 aliphatic rings. The lowest BCUT2D eigenvalue weighted by atomic mass is 10.1. The smallest absolute Gasteiger partial charge is 0.137 e. The van der Waals surface area contributed by atoms with Crippen LogP contribution in [-0.2, 0) is 16.0 Å². The number of ketones is 1. The second-order valence-electron chi connectivity index (χ2n) is 3.55. The van der Waals surface area contributed by atoms with Crippen molar-refractivity contribution in [1.82, 2.24) is 0 Å². The van der Waals surface area contributed by atoms with Crippen LogP contribution < -0.4 is 0 Å². The lowest BCUT2D eigenvalue weighted by molar-refractivity contribution is -0.118. The van der Waals surface area contributed by atoms with E-state index < -0.39 is 0 Å². The van der Waals surface area contributed by atoms with Crippen molar-refractivity contribution in [3.63, 3.8) is 0 Å². The highest BCUT2D eigenvalue weighted by atomic mass is 35.5. The summed E-state index contributed by atoms with van der Waals surface area (Å²) in [5.41, 5.74) is 0.789. The molecule has 0 saturated heterocycles. The zero-order valence-electron chi connectivity index (χ0n) is 9.13. The van der Waals surface area contributed by atoms with Crippen LogP contribution in [0.5, 0.6) is 0 Å². The third-order valence-corrected chi connectivity index (χ3v) is 2.80. The number of rotatable bonds is 6. The highest BCUT2D eigenvalue weighted by Gasteiger charge is 2.07. The molecular formula is C12H14Cl2O2. The molecule has 88 valence electrons. The van der Waals surface area contributed by atoms with E-state index in [-0.39, 0.29) is 5.78 Å². The van der Waals surface area contributed by atoms with Gasteiger partial charge in [0.25, 0.3) is 0 Å². The van der Waals surface area contributed by atoms with Gasteiger partial charge in [0.15, 0.2) is 0 Å². The van der Waals surface area contributed by atoms with Gasteiger partial charge in [-0.3, -0.25) is 4.79 Å². The molecule has 0 N–H and O–H groups in total. The number of Topliss-reactive ketones (excluding diaryl/α,β-unsaturated/α-hetero) is 1. The third-order valence-electron chi connectivity index (χ3n) is 2.20. The van der Waals surface area contributed by atoms with Gasteiger partial charge >= 0.3 is 0 Å². The minimum Gasteiger partial charge on any atom is -0.385 e. The summed E-state index contributed by atoms with van der Waals surface area (Å²) in [6, 6.07) is 5.16. The molecule has 0 radical (unpaired) electrons. The molecule has 4 heteroatoms. The first-order chi connectivity index (χ1) is 7.63. The number of benzene rings is 1. The van der Waals surface area contributed by atoms with E-state index in [0.717, 1.165) is 12.0 Å². The number of carbonyl (C=O) groups excluding carboxylic acids is 1. The second kappa shape index (κ2) is 6.89. The van der Waals surface area contributed by atoms with Gasteiger partial charge in [-0.25, -0.2) is 0 Å². The van der Waals surface area contributed by atoms with Crippen molar-refractivity contribution in [3.8, 4) is 0 Å². The van der Waals surface area contributed by atoms with Crippen molar-refractivity contribution in [2.75, 3.05) is 13.7 Å². The zero-order chi connectivity index (χ0) is 12.0. The molecule has 0 unspecified atom stereocenters. The lowest BCUT2D eigenvalue weighted by Gasteiger charge is -2.04. The topological polar surface area (TPSA) is 26.3 Å². The Morgan fingerprint density at radius 3 is 2.81 bits per heavy atom. The highest BCUT2D eigenvalue weighted by molar-refractivity contribution is 6.33. The Bertz CT molecular complexity index is 364. The Morgan fingerprint density at radius 2 is 2.12 bits per heavy atom. The van der Waals surface area contributed by atoms with E-state index in [1.165, 1.54) is 0 Å². The fourth-order valence-electron chi connectivity index (χ4n) is 1.39. The molecule has 0 heterocycles. The normalized spacial score (nSPS) is 10.4. The molecule has 0 amide bonds. The summed E-state index contributed by atoms with van der Waals surface area (Å²) in [7, 11) is 1.62. The van der Waals surface area contributed by atoms with Crippen LogP contribution in [0, 0.1) is 0 Å². The van der Waals surface area contributed by atoms with Gasteiger partial charge in [0.1, 0.15) is 5.78 Å². The zero-order valence-corrected chi connectivity index (χ0v) is 10.6. The average molecular weight is 261 g/mol. The van der Waals surface area contributed by atoms with Crippen LogP contribution in [0.2, 0.25) is 10.0 Å². The van der Waals surface area contributed by atoms with Crippen molar-refractivity contribution >= 4 is 29.0 Å². The predicted molar refractivity (Wildman–Crippen MR) is 66.3 cm³/mol. The Morgan fingerprint density at radius 1 is 1.38 bits per heavy atom. The van der Waals surface area contributed by atoms with Crippen molar-refractivity contribution < 1.29 is 9.53 Å². The fraction of sp³-hybridized carbons (Fsp3) is 0.417. The minimum absolute atomic E-state index is 0.154. The van der Waals surface area contributed by atoms with Crippen LogP contribution in [0.4, 0.5) is 0 Å². The molecule has 0 fully saturated rings. The lowest BCUT2D eigenvalue weighted by Crippen LogP contribution is -2.04. The number of methoxy groups -OCH3 is 1. The van der Waals surface area contributed by atoms with Crippen LogP contribution in [0.15, 0.2) is 18.2 Å². The van der Waals surface area contributed by atoms with Crippen molar-refractivity contribution in [1.29, 1.82) is 0 Å². The quantitative estimate of drug-likeness (QED) is 0.732. The first kappa shape index (κ1) is 13.5. The van der Waals surface area contributed by atoms with E-state index in [1.54, 1.807) is 25.3 Å². The molecule has 1 rings (SSSR count). The highest BCUT2D eigenvalue weighted by Crippen LogP contribution is 2.21. The van der Waals surface area contributed by atoms with Crippen LogP contribution in [0.1, 0.15) is 18.4 Å². The molecule has 0 aliphatic carbocycles. The Labute approximate surface area is 106 Å². The summed E-state index contributed by atoms with van der Waals surface area (Å²) in [5.74, 6) is 0.154. The van der Waals surface area contributed by atoms with Crippen LogP contribution in [0.25, 0.3) is 0 Å². The van der Waals surface area contributed by atoms with Crippen molar-refractivity contribution in [3.05, 3.63) is 33.8 Å². The largest absolute Gasteiger partial charge is 0.385 e. The van der Waals surface area contributed by atoms with E-state index in [1.807, 2.05) is 0 Å². The first-order valence-corrected chi connectivity index (χ1v) is 5.83. The molecule has 0 spiro atoms. The Balaban J connectivity index is 2.52. The van der Waals surface area contributed by atoms with Gasteiger partial charge in [0, 0.05) is 36.6 Å². The van der Waals surface area contributed by atoms with Crippen molar-refractivity contribution in [2.45, 2.75) is 19.3 Å². The maximum Gasteiger partial charge on any atom is 0.137 e. The van der Waals surface area contributed by atoms with Gasteiger partial charge in [-0.2, -0.15) is 0 Å². The van der Waals surface area contributed by atoms with E-state index >= 15 is 0 Å². The summed E-state index contributed by atoms with van der Waals surface area (Å²) in [6.45, 7) is 0.606. The Kier molecular flexibility index (Phi) is 5.81. The number of carbonyl (C=O) groups is 1. The predicted octanol–water partition coefficient (Wildman–Crippen LogP) is 3.53. The molecule has 0 bridgehead atoms. The molecular weight excluding hydrogens is 247 g/mol. The van der Waals surface area contributed by atoms with Gasteiger partial charge in [-0.05, 0) is 30.2 Å². The SMILES string of the molecule is COCCCC(=O)Cc1cc(Cl)ccc1Cl. The molecule has 0 saturated carbocycles. The molecule has 0 aliphatic heterocycles. The standard InChI is InChI=1S/C12H14Cl2O2/c1-16-6-2-3-11(15)8-9-7-10(13)4-5-12(9)14/h4-5,7H,2-3,6,8H2,1H3. The van der Waals surface area contributed by atoms with Crippen molar-refractivity contribution in [2.24, 2.45) is 0 Å². The van der Waals surface area contributed by atoms with Gasteiger partial charge in [-0.1, -0.05) is 23.2 Å². The molecule has 2 nitrogen and oxygen atoms in total. The average Bonchev–Trinajstić information content (AvgIpc) is 2.24. The van der Waals surface area contributed by atoms with Crippen LogP contribution in [-0.4, -0.2) is 19.5 Å². The van der Waals surface area contributed by atoms with Gasteiger partial charge in [-0.15, -0.1) is 0 Å². The summed E-state index contributed by atoms with van der Waals surface area (Å²) in [5, 5.41) is 1.19. The van der Waals surface area contributed by atoms with E-state index in [9.17, 15) is 4.79 Å². The monoisotopic (exact) mass is 260 g/mol. The molecule has 0 atom stereocenters. The third kappa shape index (κ3) is 4.52. The molecule has 0 aromatic heterocycles. The number of ether oxygens (including phenoxy) is 1. The van der Waals surface area contributed by atoms with E-state index in [0.29, 0.717) is 29.5 Å². The first-order valence-electron chi connectivity index (χ1n) is 5.08. The van der Waals surface area contributed by atoms with E-state index in [2.05, 4.69) is 0 Å². The summed E-state index contributed by atoms with van der Waals surface area (Å²) in [4.78, 5) is 11.6. The number of hydrogen-bond acceptors (Lipinski definition) is 2. The molecule has 1 aromatic carbocycles. The summed E-state index contributed by atoms with van der Waals surface area (Å²) < 4.78 is 4.89. The van der Waals surface area contributed by atoms with Crippen LogP contribution in [0.3, 0.4) is 0 Å². The molecule has 16 heavy (non-hydrogen) atoms. The maximum absolute atomic E-state index is 11.6. The Hall–Kier alpha value is -0.570. The fourth-order valence-corrected chi connectivity index (χ4v) is 1.77. The second-order valence-corrected chi connectivity index (χ2v) is 4.39. The number of hydrogen-bond donors (Lipinski definition) is 0. The summed E-state index contributed by atoms with van der Waals surface area (Å²) >= 11 is 11.8. The summed E-state index contributed by atoms with van der Waals surface area (Å²) in [6.07, 6.45) is 1.59. The minimum atomic E-state index is 0.154. The van der Waals surface area contributed by atoms with E-state index in [4.69, 9.17) is 27.9 Å². The van der Waals surface area contributed by atoms with Crippen LogP contribution >= 0.6 is 23.2 Å². The maximum atomic E-state index is 11.6.